The van der Waals surface area contributed by atoms with Crippen molar-refractivity contribution in [3.8, 4) is 0 Å². The van der Waals surface area contributed by atoms with E-state index in [0.717, 1.165) is 0 Å². The minimum absolute atomic E-state index is 0.559. The molecule has 0 aliphatic heterocycles. The number of rotatable bonds is 1. The molecule has 0 saturated carbocycles. The zero-order valence-corrected chi connectivity index (χ0v) is 11.2. The zero-order chi connectivity index (χ0) is 8.48. The van der Waals surface area contributed by atoms with E-state index < -0.39 is 15.0 Å². The van der Waals surface area contributed by atoms with Gasteiger partial charge in [-0.05, 0) is 0 Å². The van der Waals surface area contributed by atoms with Gasteiger partial charge in [-0.1, -0.05) is 0 Å². The summed E-state index contributed by atoms with van der Waals surface area (Å²) >= 11 is 2.32. The van der Waals surface area contributed by atoms with Crippen molar-refractivity contribution in [2.24, 2.45) is 0 Å². The van der Waals surface area contributed by atoms with Crippen LogP contribution in [0.2, 0.25) is 5.02 Å². The van der Waals surface area contributed by atoms with Crippen LogP contribution in [0.4, 0.5) is 0 Å². The second-order valence-corrected chi connectivity index (χ2v) is 22.1. The molecule has 0 radical (unpaired) electrons. The molecular formula is C6H4Cl4Sn. The quantitative estimate of drug-likeness (QED) is 0.691. The summed E-state index contributed by atoms with van der Waals surface area (Å²) in [7, 11) is 17.5. The molecule has 0 bridgehead atoms. The fourth-order valence-corrected chi connectivity index (χ4v) is 7.89. The Bertz CT molecular complexity index is 255. The molecule has 60 valence electrons. The molecule has 0 fully saturated rings. The van der Waals surface area contributed by atoms with E-state index in [2.05, 4.69) is 0 Å². The van der Waals surface area contributed by atoms with Crippen LogP contribution in [0.25, 0.3) is 0 Å². The normalized spacial score (nSPS) is 11.6. The second-order valence-electron chi connectivity index (χ2n) is 1.98. The molecule has 11 heavy (non-hydrogen) atoms. The first-order valence-corrected chi connectivity index (χ1v) is 15.5. The minimum atomic E-state index is -3.49. The summed E-state index contributed by atoms with van der Waals surface area (Å²) in [5.41, 5.74) is 0. The van der Waals surface area contributed by atoms with E-state index in [9.17, 15) is 0 Å². The van der Waals surface area contributed by atoms with Gasteiger partial charge in [-0.15, -0.1) is 0 Å². The molecule has 1 rings (SSSR count). The van der Waals surface area contributed by atoms with Crippen molar-refractivity contribution in [3.63, 3.8) is 0 Å². The van der Waals surface area contributed by atoms with Crippen LogP contribution in [0.1, 0.15) is 0 Å². The third-order valence-corrected chi connectivity index (χ3v) is 9.05. The van der Waals surface area contributed by atoms with Crippen LogP contribution < -0.4 is 3.58 Å². The van der Waals surface area contributed by atoms with Gasteiger partial charge in [-0.25, -0.2) is 0 Å². The average molecular weight is 337 g/mol. The molecule has 0 unspecified atom stereocenters. The Morgan fingerprint density at radius 1 is 1.00 bits per heavy atom. The second kappa shape index (κ2) is 3.92. The van der Waals surface area contributed by atoms with Gasteiger partial charge in [-0.2, -0.15) is 0 Å². The van der Waals surface area contributed by atoms with E-state index in [1.807, 2.05) is 12.1 Å². The van der Waals surface area contributed by atoms with Crippen molar-refractivity contribution in [2.75, 3.05) is 0 Å². The summed E-state index contributed by atoms with van der Waals surface area (Å²) in [4.78, 5) is 0. The maximum absolute atomic E-state index is 5.82. The summed E-state index contributed by atoms with van der Waals surface area (Å²) in [5, 5.41) is 0.559. The molecule has 0 N–H and O–H groups in total. The van der Waals surface area contributed by atoms with Gasteiger partial charge in [-0.3, -0.25) is 0 Å². The topological polar surface area (TPSA) is 0 Å². The molecule has 0 amide bonds. The number of halogens is 4. The molecule has 0 nitrogen and oxygen atoms in total. The fourth-order valence-electron chi connectivity index (χ4n) is 0.691. The Balaban J connectivity index is 3.14. The van der Waals surface area contributed by atoms with Gasteiger partial charge in [0, 0.05) is 0 Å². The van der Waals surface area contributed by atoms with Gasteiger partial charge in [0.25, 0.3) is 0 Å². The van der Waals surface area contributed by atoms with Crippen molar-refractivity contribution < 1.29 is 0 Å². The summed E-state index contributed by atoms with van der Waals surface area (Å²) < 4.78 is 0.716. The molecule has 0 atom stereocenters. The molecule has 0 spiro atoms. The molecule has 0 aliphatic rings. The van der Waals surface area contributed by atoms with Crippen LogP contribution in [0.5, 0.6) is 0 Å². The van der Waals surface area contributed by atoms with Crippen LogP contribution in [0.15, 0.2) is 24.3 Å². The van der Waals surface area contributed by atoms with E-state index in [4.69, 9.17) is 38.4 Å². The fraction of sp³-hybridized carbons (Fsp3) is 0. The van der Waals surface area contributed by atoms with Gasteiger partial charge in [0.1, 0.15) is 0 Å². The van der Waals surface area contributed by atoms with Gasteiger partial charge in [0.2, 0.25) is 0 Å². The van der Waals surface area contributed by atoms with Crippen molar-refractivity contribution in [1.82, 2.24) is 0 Å². The van der Waals surface area contributed by atoms with Crippen molar-refractivity contribution in [2.45, 2.75) is 0 Å². The molecule has 0 heterocycles. The summed E-state index contributed by atoms with van der Waals surface area (Å²) in [6.07, 6.45) is 0. The molecule has 1 aromatic rings. The van der Waals surface area contributed by atoms with Crippen LogP contribution >= 0.6 is 38.4 Å². The SMILES string of the molecule is Clc1cccc[c]1[Sn]([Cl])([Cl])[Cl]. The first kappa shape index (κ1) is 10.3. The van der Waals surface area contributed by atoms with Gasteiger partial charge in [0.15, 0.2) is 0 Å². The van der Waals surface area contributed by atoms with Crippen molar-refractivity contribution in [3.05, 3.63) is 29.3 Å². The number of hydrogen-bond acceptors (Lipinski definition) is 0. The van der Waals surface area contributed by atoms with Crippen molar-refractivity contribution >= 4 is 56.9 Å². The molecule has 0 saturated heterocycles. The predicted molar refractivity (Wildman–Crippen MR) is 54.4 cm³/mol. The van der Waals surface area contributed by atoms with Crippen LogP contribution in [0, 0.1) is 0 Å². The Kier molecular flexibility index (Phi) is 3.66. The zero-order valence-electron chi connectivity index (χ0n) is 5.32. The summed E-state index contributed by atoms with van der Waals surface area (Å²) in [6, 6.07) is 7.13. The molecule has 5 heteroatoms. The molecule has 0 aliphatic carbocycles. The van der Waals surface area contributed by atoms with E-state index in [0.29, 0.717) is 8.60 Å². The van der Waals surface area contributed by atoms with Gasteiger partial charge in [0.05, 0.1) is 0 Å². The van der Waals surface area contributed by atoms with E-state index in [1.165, 1.54) is 0 Å². The van der Waals surface area contributed by atoms with E-state index in [1.54, 1.807) is 12.1 Å². The Hall–Kier alpha value is 1.18. The molecular weight excluding hydrogens is 333 g/mol. The van der Waals surface area contributed by atoms with Gasteiger partial charge < -0.3 is 0 Å². The monoisotopic (exact) mass is 336 g/mol. The predicted octanol–water partition coefficient (Wildman–Crippen LogP) is 3.20. The number of benzene rings is 1. The maximum atomic E-state index is 5.82. The number of hydrogen-bond donors (Lipinski definition) is 0. The third kappa shape index (κ3) is 2.85. The Morgan fingerprint density at radius 2 is 1.55 bits per heavy atom. The standard InChI is InChI=1S/C6H4Cl.3ClH.Sn/c7-6-4-2-1-3-5-6;;;;/h1-4H;3*1H;/q;;;;+3/p-3. The van der Waals surface area contributed by atoms with Crippen molar-refractivity contribution in [1.29, 1.82) is 0 Å². The Labute approximate surface area is 85.4 Å². The summed E-state index contributed by atoms with van der Waals surface area (Å²) in [5.74, 6) is 0. The first-order chi connectivity index (χ1) is 5.02. The van der Waals surface area contributed by atoms with Crippen LogP contribution in [0.3, 0.4) is 0 Å². The van der Waals surface area contributed by atoms with E-state index >= 15 is 0 Å². The van der Waals surface area contributed by atoms with Crippen LogP contribution in [-0.4, -0.2) is 15.0 Å². The summed E-state index contributed by atoms with van der Waals surface area (Å²) in [6.45, 7) is 0. The average Bonchev–Trinajstić information content (AvgIpc) is 1.86. The van der Waals surface area contributed by atoms with Gasteiger partial charge >= 0.3 is 86.2 Å². The Morgan fingerprint density at radius 3 is 1.91 bits per heavy atom. The van der Waals surface area contributed by atoms with Crippen LogP contribution in [-0.2, 0) is 0 Å². The third-order valence-electron chi connectivity index (χ3n) is 1.18. The van der Waals surface area contributed by atoms with E-state index in [-0.39, 0.29) is 0 Å². The molecule has 1 aromatic carbocycles. The molecule has 0 aromatic heterocycles. The first-order valence-electron chi connectivity index (χ1n) is 2.83.